The van der Waals surface area contributed by atoms with E-state index in [2.05, 4.69) is 20.3 Å². The molecule has 0 saturated heterocycles. The zero-order chi connectivity index (χ0) is 20.8. The lowest BCUT2D eigenvalue weighted by Crippen LogP contribution is -2.40. The molecular formula is C17H19N5O. The molecule has 3 N–H and O–H groups in total. The Labute approximate surface area is 141 Å². The number of carbonyl (C=O) groups excluding carboxylic acids is 1. The van der Waals surface area contributed by atoms with Gasteiger partial charge in [-0.25, -0.2) is 9.97 Å². The van der Waals surface area contributed by atoms with Crippen molar-refractivity contribution in [2.45, 2.75) is 26.3 Å². The van der Waals surface area contributed by atoms with Gasteiger partial charge >= 0.3 is 0 Å². The fourth-order valence-corrected chi connectivity index (χ4v) is 1.97. The van der Waals surface area contributed by atoms with Gasteiger partial charge in [0.25, 0.3) is 5.91 Å². The Kier molecular flexibility index (Phi) is 2.48. The summed E-state index contributed by atoms with van der Waals surface area (Å²) in [4.78, 5) is 23.9. The molecule has 118 valence electrons. The molecule has 6 nitrogen and oxygen atoms in total. The number of hydrogen-bond acceptors (Lipinski definition) is 4. The quantitative estimate of drug-likeness (QED) is 0.693. The summed E-state index contributed by atoms with van der Waals surface area (Å²) >= 11 is 0. The lowest BCUT2D eigenvalue weighted by atomic mass is 10.1. The van der Waals surface area contributed by atoms with E-state index in [1.165, 1.54) is 12.4 Å². The normalized spacial score (nSPS) is 14.5. The van der Waals surface area contributed by atoms with Crippen molar-refractivity contribution in [2.24, 2.45) is 0 Å². The van der Waals surface area contributed by atoms with E-state index < -0.39 is 11.6 Å². The Morgan fingerprint density at radius 3 is 2.96 bits per heavy atom. The Morgan fingerprint density at radius 2 is 2.17 bits per heavy atom. The Morgan fingerprint density at radius 1 is 1.35 bits per heavy atom. The number of carbonyl (C=O) groups is 1. The van der Waals surface area contributed by atoms with Crippen LogP contribution in [0.5, 0.6) is 0 Å². The van der Waals surface area contributed by atoms with E-state index in [0.29, 0.717) is 5.65 Å². The van der Waals surface area contributed by atoms with Crippen molar-refractivity contribution < 1.29 is 11.7 Å². The van der Waals surface area contributed by atoms with Crippen molar-refractivity contribution in [1.29, 1.82) is 0 Å². The zero-order valence-electron chi connectivity index (χ0n) is 18.0. The second kappa shape index (κ2) is 5.72. The molecule has 3 rings (SSSR count). The van der Waals surface area contributed by atoms with Crippen LogP contribution in [0.1, 0.15) is 36.6 Å². The maximum Gasteiger partial charge on any atom is 0.255 e. The lowest BCUT2D eigenvalue weighted by molar-refractivity contribution is 0.0921. The third kappa shape index (κ3) is 3.48. The summed E-state index contributed by atoms with van der Waals surface area (Å²) in [6, 6.07) is -0.297. The second-order valence-electron chi connectivity index (χ2n) is 5.99. The van der Waals surface area contributed by atoms with Gasteiger partial charge in [0.15, 0.2) is 7.06 Å². The number of H-pyrrole nitrogens is 1. The SMILES string of the molecule is [2H]c1cc(N([2H])c2cnc3[nH]cc(C(=O)NC(C)(C)C)c3n2)c([2H])c([2H])c1[2H]. The summed E-state index contributed by atoms with van der Waals surface area (Å²) in [6.45, 7) is 5.56. The highest BCUT2D eigenvalue weighted by molar-refractivity contribution is 6.04. The van der Waals surface area contributed by atoms with E-state index in [4.69, 9.17) is 6.89 Å². The number of hydrogen-bond donors (Lipinski definition) is 3. The van der Waals surface area contributed by atoms with Crippen molar-refractivity contribution in [3.8, 4) is 0 Å². The summed E-state index contributed by atoms with van der Waals surface area (Å²) in [6.07, 6.45) is 2.77. The summed E-state index contributed by atoms with van der Waals surface area (Å²) in [5, 5.41) is 3.60. The van der Waals surface area contributed by atoms with Gasteiger partial charge in [-0.2, -0.15) is 0 Å². The first-order valence-corrected chi connectivity index (χ1v) is 7.02. The molecule has 1 amide bonds. The monoisotopic (exact) mass is 314 g/mol. The van der Waals surface area contributed by atoms with E-state index in [-0.39, 0.29) is 46.6 Å². The van der Waals surface area contributed by atoms with E-state index in [0.717, 1.165) is 11.4 Å². The molecule has 0 aliphatic carbocycles. The molecular weight excluding hydrogens is 290 g/mol. The number of rotatable bonds is 3. The standard InChI is InChI=1S/C17H19N5O/c1-17(2,3)22-16(23)12-9-18-15-14(12)21-13(10-19-15)20-11-7-5-4-6-8-11/h4-10H,1-3H3,(H,18,19)(H,20,21)(H,22,23)/i4D,5D,6D,7D/hD. The number of para-hydroxylation sites is 1. The molecule has 1 aromatic carbocycles. The fourth-order valence-electron chi connectivity index (χ4n) is 1.97. The van der Waals surface area contributed by atoms with Crippen LogP contribution in [0.3, 0.4) is 0 Å². The van der Waals surface area contributed by atoms with E-state index in [9.17, 15) is 4.79 Å². The molecule has 0 aliphatic heterocycles. The summed E-state index contributed by atoms with van der Waals surface area (Å²) in [7, 11) is 0. The molecule has 2 heterocycles. The fraction of sp³-hybridized carbons (Fsp3) is 0.235. The molecule has 0 radical (unpaired) electrons. The summed E-state index contributed by atoms with van der Waals surface area (Å²) in [5.74, 6) is -0.328. The number of fused-ring (bicyclic) bond motifs is 1. The van der Waals surface area contributed by atoms with Gasteiger partial charge in [-0.1, -0.05) is 18.1 Å². The van der Waals surface area contributed by atoms with Crippen LogP contribution in [0.15, 0.2) is 42.6 Å². The summed E-state index contributed by atoms with van der Waals surface area (Å²) in [5.41, 5.74) is 0.377. The average molecular weight is 314 g/mol. The van der Waals surface area contributed by atoms with E-state index in [1.54, 1.807) is 0 Å². The number of benzene rings is 1. The van der Waals surface area contributed by atoms with Gasteiger partial charge in [-0.15, -0.1) is 0 Å². The summed E-state index contributed by atoms with van der Waals surface area (Å²) < 4.78 is 39.4. The lowest BCUT2D eigenvalue weighted by Gasteiger charge is -2.20. The van der Waals surface area contributed by atoms with Gasteiger partial charge in [-0.3, -0.25) is 4.79 Å². The first kappa shape index (κ1) is 9.99. The number of aromatic nitrogens is 3. The first-order valence-electron chi connectivity index (χ1n) is 9.47. The smallest absolute Gasteiger partial charge is 0.255 e. The molecule has 0 fully saturated rings. The van der Waals surface area contributed by atoms with Crippen molar-refractivity contribution in [1.82, 2.24) is 20.3 Å². The third-order valence-electron chi connectivity index (χ3n) is 2.87. The largest absolute Gasteiger partial charge is 0.347 e. The minimum Gasteiger partial charge on any atom is -0.347 e. The maximum atomic E-state index is 12.5. The van der Waals surface area contributed by atoms with Crippen LogP contribution in [0.4, 0.5) is 11.5 Å². The van der Waals surface area contributed by atoms with Crippen LogP contribution < -0.4 is 10.6 Å². The number of amides is 1. The highest BCUT2D eigenvalue weighted by Crippen LogP contribution is 2.19. The molecule has 0 bridgehead atoms. The predicted octanol–water partition coefficient (Wildman–Crippen LogP) is 3.23. The number of anilines is 2. The van der Waals surface area contributed by atoms with Crippen molar-refractivity contribution >= 4 is 28.6 Å². The molecule has 23 heavy (non-hydrogen) atoms. The molecule has 0 atom stereocenters. The van der Waals surface area contributed by atoms with Crippen LogP contribution >= 0.6 is 0 Å². The van der Waals surface area contributed by atoms with Crippen LogP contribution in [-0.4, -0.2) is 26.4 Å². The Hall–Kier alpha value is -2.89. The first-order chi connectivity index (χ1) is 13.0. The molecule has 0 aliphatic rings. The average Bonchev–Trinajstić information content (AvgIpc) is 3.04. The molecule has 6 heteroatoms. The minimum atomic E-state index is -0.444. The second-order valence-corrected chi connectivity index (χ2v) is 5.99. The number of nitrogens with one attached hydrogen (secondary N) is 3. The van der Waals surface area contributed by atoms with Gasteiger partial charge in [0.1, 0.15) is 11.3 Å². The highest BCUT2D eigenvalue weighted by atomic mass is 16.1. The number of aromatic amines is 1. The van der Waals surface area contributed by atoms with Gasteiger partial charge < -0.3 is 15.6 Å². The van der Waals surface area contributed by atoms with Crippen molar-refractivity contribution in [2.75, 3.05) is 5.31 Å². The highest BCUT2D eigenvalue weighted by Gasteiger charge is 2.19. The van der Waals surface area contributed by atoms with Crippen LogP contribution in [0.2, 0.25) is 1.41 Å². The van der Waals surface area contributed by atoms with Gasteiger partial charge in [0.05, 0.1) is 17.2 Å². The minimum absolute atomic E-state index is 0.0157. The molecule has 0 saturated carbocycles. The number of nitrogens with zero attached hydrogens (tertiary/aromatic N) is 2. The van der Waals surface area contributed by atoms with Crippen LogP contribution in [-0.2, 0) is 0 Å². The van der Waals surface area contributed by atoms with Crippen LogP contribution in [0.25, 0.3) is 11.2 Å². The molecule has 3 aromatic rings. The predicted molar refractivity (Wildman–Crippen MR) is 90.8 cm³/mol. The molecule has 0 spiro atoms. The van der Waals surface area contributed by atoms with Gasteiger partial charge in [0, 0.05) is 17.4 Å². The van der Waals surface area contributed by atoms with Crippen LogP contribution in [0, 0.1) is 0 Å². The third-order valence-corrected chi connectivity index (χ3v) is 2.87. The topological polar surface area (TPSA) is 82.7 Å². The Bertz CT molecular complexity index is 1080. The molecule has 0 unspecified atom stereocenters. The van der Waals surface area contributed by atoms with E-state index >= 15 is 0 Å². The van der Waals surface area contributed by atoms with Gasteiger partial charge in [0.2, 0.25) is 0 Å². The van der Waals surface area contributed by atoms with Crippen molar-refractivity contribution in [3.63, 3.8) is 0 Å². The van der Waals surface area contributed by atoms with E-state index in [1.807, 2.05) is 20.8 Å². The van der Waals surface area contributed by atoms with Crippen molar-refractivity contribution in [3.05, 3.63) is 48.2 Å². The van der Waals surface area contributed by atoms with Gasteiger partial charge in [-0.05, 0) is 32.9 Å². The molecule has 2 aromatic heterocycles. The Balaban J connectivity index is 2.05. The zero-order valence-corrected chi connectivity index (χ0v) is 13.0. The maximum absolute atomic E-state index is 12.5.